The van der Waals surface area contributed by atoms with Crippen molar-refractivity contribution in [1.29, 1.82) is 5.26 Å². The van der Waals surface area contributed by atoms with Crippen molar-refractivity contribution in [2.45, 2.75) is 11.3 Å². The van der Waals surface area contributed by atoms with Crippen molar-refractivity contribution >= 4 is 10.0 Å². The molecule has 0 atom stereocenters. The average molecular weight is 268 g/mol. The van der Waals surface area contributed by atoms with E-state index in [-0.39, 0.29) is 10.5 Å². The van der Waals surface area contributed by atoms with Gasteiger partial charge in [-0.1, -0.05) is 12.1 Å². The molecule has 2 N–H and O–H groups in total. The summed E-state index contributed by atoms with van der Waals surface area (Å²) in [6, 6.07) is 8.08. The minimum absolute atomic E-state index is 0.0460. The van der Waals surface area contributed by atoms with E-state index in [9.17, 15) is 8.42 Å². The predicted octanol–water partition coefficient (Wildman–Crippen LogP) is -0.629. The number of nitrogens with one attached hydrogen (secondary N) is 2. The van der Waals surface area contributed by atoms with E-state index in [2.05, 4.69) is 4.72 Å². The minimum Gasteiger partial charge on any atom is -0.340 e. The van der Waals surface area contributed by atoms with Crippen molar-refractivity contribution in [3.8, 4) is 6.07 Å². The number of nitrogens with zero attached hydrogens (tertiary/aromatic N) is 1. The van der Waals surface area contributed by atoms with Crippen LogP contribution in [0.15, 0.2) is 29.2 Å². The van der Waals surface area contributed by atoms with Crippen molar-refractivity contribution in [2.75, 3.05) is 27.2 Å². The summed E-state index contributed by atoms with van der Waals surface area (Å²) in [7, 11) is 0.444. The number of rotatable bonds is 6. The number of nitriles is 1. The topological polar surface area (TPSA) is 74.4 Å². The molecule has 5 nitrogen and oxygen atoms in total. The second-order valence-electron chi connectivity index (χ2n) is 4.32. The van der Waals surface area contributed by atoms with Crippen LogP contribution in [0.5, 0.6) is 0 Å². The molecular weight excluding hydrogens is 250 g/mol. The van der Waals surface area contributed by atoms with Crippen LogP contribution in [0.4, 0.5) is 0 Å². The zero-order valence-corrected chi connectivity index (χ0v) is 11.4. The Kier molecular flexibility index (Phi) is 5.28. The van der Waals surface area contributed by atoms with Crippen molar-refractivity contribution < 1.29 is 13.3 Å². The molecule has 0 aromatic heterocycles. The molecule has 0 aliphatic heterocycles. The fourth-order valence-electron chi connectivity index (χ4n) is 1.52. The third-order valence-corrected chi connectivity index (χ3v) is 3.96. The summed E-state index contributed by atoms with van der Waals surface area (Å²) in [6.45, 7) is 1.27. The zero-order valence-electron chi connectivity index (χ0n) is 10.6. The number of sulfonamides is 1. The first-order valence-electron chi connectivity index (χ1n) is 5.75. The molecule has 6 heteroatoms. The summed E-state index contributed by atoms with van der Waals surface area (Å²) in [5, 5.41) is 8.88. The Labute approximate surface area is 108 Å². The van der Waals surface area contributed by atoms with Crippen LogP contribution in [0, 0.1) is 11.3 Å². The van der Waals surface area contributed by atoms with E-state index in [4.69, 9.17) is 5.26 Å². The molecule has 0 amide bonds. The Morgan fingerprint density at radius 1 is 1.33 bits per heavy atom. The molecule has 1 aromatic rings. The molecule has 98 valence electrons. The Morgan fingerprint density at radius 3 is 2.61 bits per heavy atom. The number of benzene rings is 1. The molecule has 1 aromatic carbocycles. The second-order valence-corrected chi connectivity index (χ2v) is 6.05. The summed E-state index contributed by atoms with van der Waals surface area (Å²) in [4.78, 5) is 1.32. The summed E-state index contributed by atoms with van der Waals surface area (Å²) in [5.74, 6) is 0. The van der Waals surface area contributed by atoms with Gasteiger partial charge in [-0.3, -0.25) is 0 Å². The van der Waals surface area contributed by atoms with Crippen molar-refractivity contribution in [3.63, 3.8) is 0 Å². The highest BCUT2D eigenvalue weighted by molar-refractivity contribution is 7.89. The Balaban J connectivity index is 2.72. The molecule has 0 fully saturated rings. The third kappa shape index (κ3) is 4.11. The molecule has 0 aliphatic carbocycles. The van der Waals surface area contributed by atoms with Gasteiger partial charge in [-0.2, -0.15) is 5.26 Å². The number of hydrogen-bond donors (Lipinski definition) is 2. The lowest BCUT2D eigenvalue weighted by atomic mass is 10.2. The second kappa shape index (κ2) is 6.50. The molecule has 0 radical (unpaired) electrons. The van der Waals surface area contributed by atoms with E-state index >= 15 is 0 Å². The third-order valence-electron chi connectivity index (χ3n) is 2.44. The lowest BCUT2D eigenvalue weighted by molar-refractivity contribution is -0.858. The molecular formula is C12H18N3O2S+. The van der Waals surface area contributed by atoms with Crippen LogP contribution in [0.25, 0.3) is 0 Å². The molecule has 18 heavy (non-hydrogen) atoms. The van der Waals surface area contributed by atoms with Gasteiger partial charge in [0.2, 0.25) is 10.0 Å². The smallest absolute Gasteiger partial charge is 0.241 e. The number of quaternary nitrogens is 1. The van der Waals surface area contributed by atoms with Crippen LogP contribution in [0.3, 0.4) is 0 Å². The maximum atomic E-state index is 12.0. The molecule has 1 rings (SSSR count). The standard InChI is InChI=1S/C12H17N3O2S/c1-15(2)9-5-8-14-18(16,17)12-7-4-3-6-11(12)10-13/h3-4,6-7,14H,5,8-9H2,1-2H3/p+1. The zero-order chi connectivity index (χ0) is 13.6. The average Bonchev–Trinajstić information content (AvgIpc) is 2.34. The van der Waals surface area contributed by atoms with Gasteiger partial charge in [-0.25, -0.2) is 13.1 Å². The highest BCUT2D eigenvalue weighted by Crippen LogP contribution is 2.13. The first kappa shape index (κ1) is 14.6. The van der Waals surface area contributed by atoms with Crippen LogP contribution < -0.4 is 9.62 Å². The molecule has 0 bridgehead atoms. The van der Waals surface area contributed by atoms with Crippen molar-refractivity contribution in [3.05, 3.63) is 29.8 Å². The monoisotopic (exact) mass is 268 g/mol. The number of hydrogen-bond acceptors (Lipinski definition) is 3. The van der Waals surface area contributed by atoms with E-state index in [1.54, 1.807) is 12.1 Å². The quantitative estimate of drug-likeness (QED) is 0.675. The molecule has 0 saturated carbocycles. The summed E-state index contributed by atoms with van der Waals surface area (Å²) < 4.78 is 26.5. The van der Waals surface area contributed by atoms with Gasteiger partial charge in [0.15, 0.2) is 0 Å². The van der Waals surface area contributed by atoms with Gasteiger partial charge in [0.1, 0.15) is 6.07 Å². The maximum absolute atomic E-state index is 12.0. The molecule has 0 heterocycles. The fourth-order valence-corrected chi connectivity index (χ4v) is 2.75. The molecule has 0 saturated heterocycles. The van der Waals surface area contributed by atoms with Crippen LogP contribution in [-0.2, 0) is 10.0 Å². The van der Waals surface area contributed by atoms with Gasteiger partial charge in [0.25, 0.3) is 0 Å². The van der Waals surface area contributed by atoms with E-state index < -0.39 is 10.0 Å². The van der Waals surface area contributed by atoms with Crippen molar-refractivity contribution in [1.82, 2.24) is 4.72 Å². The Bertz CT molecular complexity index is 532. The molecule has 0 aliphatic rings. The fraction of sp³-hybridized carbons (Fsp3) is 0.417. The Hall–Kier alpha value is -1.42. The van der Waals surface area contributed by atoms with Crippen LogP contribution in [0.2, 0.25) is 0 Å². The highest BCUT2D eigenvalue weighted by Gasteiger charge is 2.17. The normalized spacial score (nSPS) is 11.4. The first-order valence-corrected chi connectivity index (χ1v) is 7.23. The molecule has 0 unspecified atom stereocenters. The van der Waals surface area contributed by atoms with Crippen LogP contribution in [-0.4, -0.2) is 35.6 Å². The van der Waals surface area contributed by atoms with E-state index in [1.807, 2.05) is 20.2 Å². The van der Waals surface area contributed by atoms with Crippen LogP contribution in [0.1, 0.15) is 12.0 Å². The first-order chi connectivity index (χ1) is 8.47. The van der Waals surface area contributed by atoms with E-state index in [0.717, 1.165) is 13.0 Å². The van der Waals surface area contributed by atoms with E-state index in [0.29, 0.717) is 6.54 Å². The Morgan fingerprint density at radius 2 is 2.00 bits per heavy atom. The highest BCUT2D eigenvalue weighted by atomic mass is 32.2. The predicted molar refractivity (Wildman–Crippen MR) is 68.6 cm³/mol. The van der Waals surface area contributed by atoms with Crippen LogP contribution >= 0.6 is 0 Å². The van der Waals surface area contributed by atoms with Gasteiger partial charge in [0.05, 0.1) is 31.1 Å². The van der Waals surface area contributed by atoms with Gasteiger partial charge in [0, 0.05) is 13.0 Å². The summed E-state index contributed by atoms with van der Waals surface area (Å²) >= 11 is 0. The molecule has 0 spiro atoms. The summed E-state index contributed by atoms with van der Waals surface area (Å²) in [6.07, 6.45) is 0.760. The minimum atomic E-state index is -3.58. The summed E-state index contributed by atoms with van der Waals surface area (Å²) in [5.41, 5.74) is 0.170. The van der Waals surface area contributed by atoms with Crippen molar-refractivity contribution in [2.24, 2.45) is 0 Å². The van der Waals surface area contributed by atoms with Gasteiger partial charge in [-0.15, -0.1) is 0 Å². The van der Waals surface area contributed by atoms with Gasteiger partial charge in [-0.05, 0) is 12.1 Å². The largest absolute Gasteiger partial charge is 0.340 e. The van der Waals surface area contributed by atoms with Gasteiger partial charge >= 0.3 is 0 Å². The lowest BCUT2D eigenvalue weighted by Gasteiger charge is -2.09. The SMILES string of the molecule is C[NH+](C)CCCNS(=O)(=O)c1ccccc1C#N. The van der Waals surface area contributed by atoms with Gasteiger partial charge < -0.3 is 4.90 Å². The maximum Gasteiger partial charge on any atom is 0.241 e. The van der Waals surface area contributed by atoms with E-state index in [1.165, 1.54) is 17.0 Å². The lowest BCUT2D eigenvalue weighted by Crippen LogP contribution is -3.05.